The average Bonchev–Trinajstić information content (AvgIpc) is 2.19. The number of hydrogen-bond donors (Lipinski definition) is 1. The maximum absolute atomic E-state index is 12.9. The third-order valence-electron chi connectivity index (χ3n) is 2.19. The van der Waals surface area contributed by atoms with E-state index in [2.05, 4.69) is 0 Å². The van der Waals surface area contributed by atoms with E-state index in [0.29, 0.717) is 10.6 Å². The van der Waals surface area contributed by atoms with Gasteiger partial charge in [-0.05, 0) is 30.7 Å². The van der Waals surface area contributed by atoms with Crippen LogP contribution in [0, 0.1) is 5.82 Å². The maximum atomic E-state index is 12.9. The molecule has 2 atom stereocenters. The standard InChI is InChI=1S/C10H13ClFNO/c1-6(14-2)10(13)8-5-7(12)3-4-9(8)11/h3-6,10H,13H2,1-2H3. The Labute approximate surface area is 87.8 Å². The first-order chi connectivity index (χ1) is 6.56. The fourth-order valence-corrected chi connectivity index (χ4v) is 1.41. The Morgan fingerprint density at radius 2 is 2.14 bits per heavy atom. The highest BCUT2D eigenvalue weighted by Gasteiger charge is 2.17. The van der Waals surface area contributed by atoms with Crippen molar-refractivity contribution in [2.45, 2.75) is 19.1 Å². The van der Waals surface area contributed by atoms with Crippen LogP contribution in [0.15, 0.2) is 18.2 Å². The lowest BCUT2D eigenvalue weighted by atomic mass is 10.0. The quantitative estimate of drug-likeness (QED) is 0.845. The first-order valence-electron chi connectivity index (χ1n) is 4.29. The van der Waals surface area contributed by atoms with Crippen LogP contribution in [0.5, 0.6) is 0 Å². The molecule has 0 heterocycles. The lowest BCUT2D eigenvalue weighted by molar-refractivity contribution is 0.0956. The van der Waals surface area contributed by atoms with Gasteiger partial charge in [-0.15, -0.1) is 0 Å². The molecule has 0 aliphatic carbocycles. The zero-order valence-electron chi connectivity index (χ0n) is 8.13. The third-order valence-corrected chi connectivity index (χ3v) is 2.54. The Hall–Kier alpha value is -0.640. The minimum Gasteiger partial charge on any atom is -0.380 e. The van der Waals surface area contributed by atoms with Gasteiger partial charge in [-0.25, -0.2) is 4.39 Å². The second-order valence-electron chi connectivity index (χ2n) is 3.13. The Balaban J connectivity index is 2.99. The molecule has 1 aromatic rings. The third kappa shape index (κ3) is 2.44. The summed E-state index contributed by atoms with van der Waals surface area (Å²) in [6, 6.07) is 3.72. The number of benzene rings is 1. The summed E-state index contributed by atoms with van der Waals surface area (Å²) in [6.07, 6.45) is -0.200. The number of nitrogens with two attached hydrogens (primary N) is 1. The molecular weight excluding hydrogens is 205 g/mol. The number of methoxy groups -OCH3 is 1. The van der Waals surface area contributed by atoms with E-state index in [9.17, 15) is 4.39 Å². The number of hydrogen-bond acceptors (Lipinski definition) is 2. The van der Waals surface area contributed by atoms with Gasteiger partial charge in [0.05, 0.1) is 12.1 Å². The molecule has 1 rings (SSSR count). The Morgan fingerprint density at radius 1 is 1.50 bits per heavy atom. The van der Waals surface area contributed by atoms with Crippen LogP contribution in [-0.2, 0) is 4.74 Å². The van der Waals surface area contributed by atoms with Gasteiger partial charge in [-0.2, -0.15) is 0 Å². The van der Waals surface area contributed by atoms with Crippen LogP contribution in [0.3, 0.4) is 0 Å². The highest BCUT2D eigenvalue weighted by molar-refractivity contribution is 6.31. The molecule has 2 N–H and O–H groups in total. The molecule has 0 aliphatic rings. The van der Waals surface area contributed by atoms with Crippen molar-refractivity contribution in [3.63, 3.8) is 0 Å². The molecule has 0 aromatic heterocycles. The molecule has 0 fully saturated rings. The molecule has 78 valence electrons. The summed E-state index contributed by atoms with van der Waals surface area (Å²) in [5.74, 6) is -0.344. The van der Waals surface area contributed by atoms with Crippen molar-refractivity contribution >= 4 is 11.6 Å². The smallest absolute Gasteiger partial charge is 0.123 e. The minimum atomic E-state index is -0.414. The van der Waals surface area contributed by atoms with Crippen LogP contribution in [-0.4, -0.2) is 13.2 Å². The van der Waals surface area contributed by atoms with Gasteiger partial charge < -0.3 is 10.5 Å². The van der Waals surface area contributed by atoms with Gasteiger partial charge in [0.1, 0.15) is 5.82 Å². The summed E-state index contributed by atoms with van der Waals surface area (Å²) in [4.78, 5) is 0. The van der Waals surface area contributed by atoms with Crippen molar-refractivity contribution < 1.29 is 9.13 Å². The number of ether oxygens (including phenoxy) is 1. The lowest BCUT2D eigenvalue weighted by Gasteiger charge is -2.19. The monoisotopic (exact) mass is 217 g/mol. The molecule has 2 nitrogen and oxygen atoms in total. The molecule has 0 aliphatic heterocycles. The van der Waals surface area contributed by atoms with E-state index in [1.165, 1.54) is 18.2 Å². The summed E-state index contributed by atoms with van der Waals surface area (Å²) in [5.41, 5.74) is 6.41. The molecule has 1 aromatic carbocycles. The van der Waals surface area contributed by atoms with Crippen molar-refractivity contribution in [2.24, 2.45) is 5.73 Å². The highest BCUT2D eigenvalue weighted by atomic mass is 35.5. The van der Waals surface area contributed by atoms with Gasteiger partial charge in [0.15, 0.2) is 0 Å². The maximum Gasteiger partial charge on any atom is 0.123 e. The SMILES string of the molecule is COC(C)C(N)c1cc(F)ccc1Cl. The predicted octanol–water partition coefficient (Wildman–Crippen LogP) is 2.51. The zero-order chi connectivity index (χ0) is 10.7. The lowest BCUT2D eigenvalue weighted by Crippen LogP contribution is -2.25. The van der Waals surface area contributed by atoms with Crippen LogP contribution in [0.1, 0.15) is 18.5 Å². The van der Waals surface area contributed by atoms with Gasteiger partial charge in [0, 0.05) is 12.1 Å². The van der Waals surface area contributed by atoms with E-state index in [1.54, 1.807) is 7.11 Å². The van der Waals surface area contributed by atoms with Crippen molar-refractivity contribution in [3.05, 3.63) is 34.6 Å². The summed E-state index contributed by atoms with van der Waals surface area (Å²) in [7, 11) is 1.55. The normalized spacial score (nSPS) is 15.2. The highest BCUT2D eigenvalue weighted by Crippen LogP contribution is 2.25. The van der Waals surface area contributed by atoms with Gasteiger partial charge in [0.2, 0.25) is 0 Å². The Kier molecular flexibility index (Phi) is 3.86. The average molecular weight is 218 g/mol. The van der Waals surface area contributed by atoms with Gasteiger partial charge in [0.25, 0.3) is 0 Å². The van der Waals surface area contributed by atoms with Gasteiger partial charge in [-0.3, -0.25) is 0 Å². The minimum absolute atomic E-state index is 0.200. The van der Waals surface area contributed by atoms with Crippen LogP contribution in [0.25, 0.3) is 0 Å². The topological polar surface area (TPSA) is 35.2 Å². The van der Waals surface area contributed by atoms with Crippen molar-refractivity contribution in [1.82, 2.24) is 0 Å². The zero-order valence-corrected chi connectivity index (χ0v) is 8.88. The fraction of sp³-hybridized carbons (Fsp3) is 0.400. The van der Waals surface area contributed by atoms with E-state index in [0.717, 1.165) is 0 Å². The summed E-state index contributed by atoms with van der Waals surface area (Å²) >= 11 is 5.89. The van der Waals surface area contributed by atoms with E-state index < -0.39 is 6.04 Å². The van der Waals surface area contributed by atoms with Gasteiger partial charge >= 0.3 is 0 Å². The van der Waals surface area contributed by atoms with E-state index >= 15 is 0 Å². The van der Waals surface area contributed by atoms with E-state index in [1.807, 2.05) is 6.92 Å². The second-order valence-corrected chi connectivity index (χ2v) is 3.54. The molecule has 0 spiro atoms. The van der Waals surface area contributed by atoms with E-state index in [-0.39, 0.29) is 11.9 Å². The molecule has 0 saturated heterocycles. The molecule has 0 amide bonds. The molecule has 0 radical (unpaired) electrons. The molecule has 0 saturated carbocycles. The largest absolute Gasteiger partial charge is 0.380 e. The number of halogens is 2. The second kappa shape index (κ2) is 4.73. The van der Waals surface area contributed by atoms with E-state index in [4.69, 9.17) is 22.1 Å². The predicted molar refractivity (Wildman–Crippen MR) is 54.8 cm³/mol. The molecule has 2 unspecified atom stereocenters. The first-order valence-corrected chi connectivity index (χ1v) is 4.67. The van der Waals surface area contributed by atoms with Crippen molar-refractivity contribution in [3.8, 4) is 0 Å². The molecule has 14 heavy (non-hydrogen) atoms. The number of rotatable bonds is 3. The summed E-state index contributed by atoms with van der Waals surface area (Å²) in [5, 5.41) is 0.461. The summed E-state index contributed by atoms with van der Waals surface area (Å²) in [6.45, 7) is 1.81. The van der Waals surface area contributed by atoms with Crippen LogP contribution >= 0.6 is 11.6 Å². The Morgan fingerprint density at radius 3 is 2.71 bits per heavy atom. The molecule has 4 heteroatoms. The van der Waals surface area contributed by atoms with Crippen LogP contribution in [0.2, 0.25) is 5.02 Å². The molecular formula is C10H13ClFNO. The van der Waals surface area contributed by atoms with Crippen molar-refractivity contribution in [1.29, 1.82) is 0 Å². The van der Waals surface area contributed by atoms with Crippen LogP contribution in [0.4, 0.5) is 4.39 Å². The fourth-order valence-electron chi connectivity index (χ4n) is 1.17. The van der Waals surface area contributed by atoms with Crippen LogP contribution < -0.4 is 5.73 Å². The summed E-state index contributed by atoms with van der Waals surface area (Å²) < 4.78 is 18.0. The molecule has 0 bridgehead atoms. The van der Waals surface area contributed by atoms with Crippen molar-refractivity contribution in [2.75, 3.05) is 7.11 Å². The first kappa shape index (κ1) is 11.4. The Bertz CT molecular complexity index is 319. The van der Waals surface area contributed by atoms with Gasteiger partial charge in [-0.1, -0.05) is 11.6 Å².